The van der Waals surface area contributed by atoms with Crippen molar-refractivity contribution in [3.05, 3.63) is 0 Å². The van der Waals surface area contributed by atoms with Gasteiger partial charge in [-0.2, -0.15) is 0 Å². The predicted octanol–water partition coefficient (Wildman–Crippen LogP) is 4.87. The molecule has 0 aliphatic heterocycles. The summed E-state index contributed by atoms with van der Waals surface area (Å²) >= 11 is 0. The van der Waals surface area contributed by atoms with Crippen molar-refractivity contribution < 1.29 is 20.1 Å². The summed E-state index contributed by atoms with van der Waals surface area (Å²) in [5, 5.41) is 31.9. The smallest absolute Gasteiger partial charge is 0.303 e. The van der Waals surface area contributed by atoms with Crippen molar-refractivity contribution in [3.8, 4) is 0 Å². The van der Waals surface area contributed by atoms with Gasteiger partial charge in [-0.3, -0.25) is 4.79 Å². The third-order valence-electron chi connectivity index (χ3n) is 10.6. The Morgan fingerprint density at radius 3 is 2.48 bits per heavy atom. The fourth-order valence-electron chi connectivity index (χ4n) is 8.99. The van der Waals surface area contributed by atoms with Gasteiger partial charge in [-0.15, -0.1) is 0 Å². The van der Waals surface area contributed by atoms with E-state index in [1.165, 1.54) is 25.7 Å². The second kappa shape index (κ2) is 7.82. The molecule has 4 aliphatic carbocycles. The Balaban J connectivity index is 1.64. The van der Waals surface area contributed by atoms with Crippen LogP contribution < -0.4 is 0 Å². The first kappa shape index (κ1) is 21.6. The van der Waals surface area contributed by atoms with Gasteiger partial charge in [0.1, 0.15) is 0 Å². The molecule has 10 atom stereocenters. The quantitative estimate of drug-likeness (QED) is 0.622. The molecule has 4 fully saturated rings. The number of aliphatic carboxylic acids is 1. The largest absolute Gasteiger partial charge is 0.481 e. The Morgan fingerprint density at radius 1 is 1.03 bits per heavy atom. The summed E-state index contributed by atoms with van der Waals surface area (Å²) in [4.78, 5) is 11.1. The first-order valence-electron chi connectivity index (χ1n) is 12.3. The van der Waals surface area contributed by atoms with E-state index in [9.17, 15) is 15.0 Å². The minimum atomic E-state index is -0.725. The molecule has 1 unspecified atom stereocenters. The lowest BCUT2D eigenvalue weighted by molar-refractivity contribution is -0.139. The standard InChI is InChI=1S/C25H42O4/c1-15(7-12-22(28)29)17-8-9-19-23-18(10-11-21(27)25(17,19)3)24(2)13-5-4-6-16(24)14-20(23)26/h15-21,23,26-27H,4-14H2,1-3H3,(H,28,29)/t15-,16+,17-,18-,19?,20-,21+,23-,24+,25-/m1/s1. The summed E-state index contributed by atoms with van der Waals surface area (Å²) in [6.45, 7) is 6.96. The molecule has 0 amide bonds. The number of carboxylic acids is 1. The van der Waals surface area contributed by atoms with Crippen LogP contribution in [0, 0.1) is 46.3 Å². The van der Waals surface area contributed by atoms with E-state index in [0.29, 0.717) is 47.3 Å². The second-order valence-corrected chi connectivity index (χ2v) is 11.6. The molecule has 0 bridgehead atoms. The van der Waals surface area contributed by atoms with Crippen LogP contribution in [0.3, 0.4) is 0 Å². The van der Waals surface area contributed by atoms with E-state index in [2.05, 4.69) is 20.8 Å². The van der Waals surface area contributed by atoms with Crippen LogP contribution in [0.1, 0.15) is 91.4 Å². The maximum Gasteiger partial charge on any atom is 0.303 e. The Bertz CT molecular complexity index is 620. The van der Waals surface area contributed by atoms with Crippen molar-refractivity contribution in [3.63, 3.8) is 0 Å². The molecule has 0 saturated heterocycles. The Kier molecular flexibility index (Phi) is 5.83. The van der Waals surface area contributed by atoms with E-state index in [1.807, 2.05) is 0 Å². The lowest BCUT2D eigenvalue weighted by Crippen LogP contribution is -2.54. The highest BCUT2D eigenvalue weighted by Gasteiger charge is 2.63. The topological polar surface area (TPSA) is 77.8 Å². The molecular formula is C25H42O4. The third-order valence-corrected chi connectivity index (χ3v) is 10.6. The van der Waals surface area contributed by atoms with E-state index in [0.717, 1.165) is 32.1 Å². The molecule has 0 aromatic rings. The average molecular weight is 407 g/mol. The van der Waals surface area contributed by atoms with Gasteiger partial charge in [0, 0.05) is 6.42 Å². The first-order chi connectivity index (χ1) is 13.7. The number of carboxylic acid groups (broad SMARTS) is 1. The van der Waals surface area contributed by atoms with E-state index in [-0.39, 0.29) is 24.0 Å². The number of hydrogen-bond donors (Lipinski definition) is 3. The van der Waals surface area contributed by atoms with Crippen LogP contribution in [-0.4, -0.2) is 33.5 Å². The number of aliphatic hydroxyl groups is 2. The van der Waals surface area contributed by atoms with Gasteiger partial charge in [0.15, 0.2) is 0 Å². The summed E-state index contributed by atoms with van der Waals surface area (Å²) in [5.74, 6) is 1.74. The van der Waals surface area contributed by atoms with Gasteiger partial charge in [0.2, 0.25) is 0 Å². The van der Waals surface area contributed by atoms with Crippen LogP contribution in [0.2, 0.25) is 0 Å². The van der Waals surface area contributed by atoms with Crippen LogP contribution in [0.4, 0.5) is 0 Å². The summed E-state index contributed by atoms with van der Waals surface area (Å²) < 4.78 is 0. The maximum atomic E-state index is 11.4. The molecule has 4 rings (SSSR count). The fourth-order valence-corrected chi connectivity index (χ4v) is 8.99. The van der Waals surface area contributed by atoms with Crippen molar-refractivity contribution >= 4 is 5.97 Å². The lowest BCUT2D eigenvalue weighted by Gasteiger charge is -2.57. The van der Waals surface area contributed by atoms with Crippen molar-refractivity contribution in [2.75, 3.05) is 0 Å². The molecule has 29 heavy (non-hydrogen) atoms. The third kappa shape index (κ3) is 3.37. The van der Waals surface area contributed by atoms with Gasteiger partial charge >= 0.3 is 5.97 Å². The molecule has 0 heterocycles. The predicted molar refractivity (Wildman–Crippen MR) is 113 cm³/mol. The number of rotatable bonds is 4. The van der Waals surface area contributed by atoms with Crippen molar-refractivity contribution in [1.82, 2.24) is 0 Å². The second-order valence-electron chi connectivity index (χ2n) is 11.6. The van der Waals surface area contributed by atoms with Crippen LogP contribution in [0.25, 0.3) is 0 Å². The highest BCUT2D eigenvalue weighted by atomic mass is 16.4. The number of aliphatic hydroxyl groups excluding tert-OH is 2. The highest BCUT2D eigenvalue weighted by molar-refractivity contribution is 5.66. The molecule has 4 heteroatoms. The SMILES string of the molecule is C[C@H](CCC(=O)O)[C@H]1CCC2[C@@H]3[C@H](O)C[C@@H]4CCCC[C@]4(C)[C@@H]3CC[C@H](O)[C@@]21C. The molecule has 4 aliphatic rings. The van der Waals surface area contributed by atoms with E-state index in [1.54, 1.807) is 0 Å². The Labute approximate surface area is 176 Å². The zero-order chi connectivity index (χ0) is 21.0. The molecule has 4 saturated carbocycles. The maximum absolute atomic E-state index is 11.4. The summed E-state index contributed by atoms with van der Waals surface area (Å²) in [7, 11) is 0. The van der Waals surface area contributed by atoms with Gasteiger partial charge in [0.05, 0.1) is 12.2 Å². The minimum absolute atomic E-state index is 0.198. The van der Waals surface area contributed by atoms with Gasteiger partial charge < -0.3 is 15.3 Å². The van der Waals surface area contributed by atoms with Crippen LogP contribution in [-0.2, 0) is 4.79 Å². The zero-order valence-electron chi connectivity index (χ0n) is 18.6. The van der Waals surface area contributed by atoms with E-state index in [4.69, 9.17) is 5.11 Å². The minimum Gasteiger partial charge on any atom is -0.481 e. The van der Waals surface area contributed by atoms with Crippen LogP contribution >= 0.6 is 0 Å². The van der Waals surface area contributed by atoms with E-state index < -0.39 is 5.97 Å². The molecule has 3 N–H and O–H groups in total. The van der Waals surface area contributed by atoms with Gasteiger partial charge in [0.25, 0.3) is 0 Å². The molecule has 166 valence electrons. The molecule has 0 aromatic carbocycles. The van der Waals surface area contributed by atoms with Gasteiger partial charge in [-0.05, 0) is 97.7 Å². The van der Waals surface area contributed by atoms with Crippen molar-refractivity contribution in [1.29, 1.82) is 0 Å². The highest BCUT2D eigenvalue weighted by Crippen LogP contribution is 2.66. The summed E-state index contributed by atoms with van der Waals surface area (Å²) in [6.07, 6.45) is 10.4. The fraction of sp³-hybridized carbons (Fsp3) is 0.960. The normalized spacial score (nSPS) is 50.7. The number of hydrogen-bond acceptors (Lipinski definition) is 3. The molecular weight excluding hydrogens is 364 g/mol. The van der Waals surface area contributed by atoms with E-state index >= 15 is 0 Å². The summed E-state index contributed by atoms with van der Waals surface area (Å²) in [5.41, 5.74) is 0.121. The molecule has 0 spiro atoms. The zero-order valence-corrected chi connectivity index (χ0v) is 18.6. The molecule has 0 radical (unpaired) electrons. The summed E-state index contributed by atoms with van der Waals surface area (Å²) in [6, 6.07) is 0. The van der Waals surface area contributed by atoms with Crippen LogP contribution in [0.5, 0.6) is 0 Å². The van der Waals surface area contributed by atoms with Crippen molar-refractivity contribution in [2.24, 2.45) is 46.3 Å². The first-order valence-corrected chi connectivity index (χ1v) is 12.3. The van der Waals surface area contributed by atoms with Crippen molar-refractivity contribution in [2.45, 2.75) is 104 Å². The van der Waals surface area contributed by atoms with Gasteiger partial charge in [-0.25, -0.2) is 0 Å². The Hall–Kier alpha value is -0.610. The van der Waals surface area contributed by atoms with Gasteiger partial charge in [-0.1, -0.05) is 33.6 Å². The molecule has 0 aromatic heterocycles. The lowest BCUT2D eigenvalue weighted by atomic mass is 9.48. The monoisotopic (exact) mass is 406 g/mol. The number of fused-ring (bicyclic) bond motifs is 5. The molecule has 4 nitrogen and oxygen atoms in total. The van der Waals surface area contributed by atoms with Crippen LogP contribution in [0.15, 0.2) is 0 Å². The Morgan fingerprint density at radius 2 is 1.76 bits per heavy atom. The average Bonchev–Trinajstić information content (AvgIpc) is 2.96. The number of carbonyl (C=O) groups is 1.